The zero-order valence-electron chi connectivity index (χ0n) is 14.2. The Morgan fingerprint density at radius 1 is 1.17 bits per heavy atom. The average molecular weight is 334 g/mol. The number of anilines is 1. The molecule has 2 aliphatic rings. The van der Waals surface area contributed by atoms with Gasteiger partial charge in [0.25, 0.3) is 5.91 Å². The maximum atomic E-state index is 12.3. The summed E-state index contributed by atoms with van der Waals surface area (Å²) in [4.78, 5) is 21.2. The second-order valence-electron chi connectivity index (χ2n) is 6.21. The number of nitrogens with zero attached hydrogens (tertiary/aromatic N) is 3. The van der Waals surface area contributed by atoms with Gasteiger partial charge in [0, 0.05) is 45.0 Å². The Balaban J connectivity index is 1.49. The van der Waals surface area contributed by atoms with Crippen molar-refractivity contribution in [2.24, 2.45) is 0 Å². The molecule has 2 aliphatic heterocycles. The molecule has 0 unspecified atom stereocenters. The van der Waals surface area contributed by atoms with E-state index in [4.69, 9.17) is 9.47 Å². The van der Waals surface area contributed by atoms with Crippen LogP contribution in [0, 0.1) is 0 Å². The van der Waals surface area contributed by atoms with Crippen LogP contribution in [-0.4, -0.2) is 81.0 Å². The molecule has 7 nitrogen and oxygen atoms in total. The number of rotatable bonds is 5. The summed E-state index contributed by atoms with van der Waals surface area (Å²) in [5.41, 5.74) is 0.598. The Morgan fingerprint density at radius 3 is 2.46 bits per heavy atom. The number of pyridine rings is 1. The number of morpholine rings is 2. The minimum absolute atomic E-state index is 0.0730. The molecule has 1 amide bonds. The SMILES string of the molecule is C[C@H](CNC(=O)c1ccc(N2CCOCC2)nc1)N1CCOCC1. The van der Waals surface area contributed by atoms with Crippen LogP contribution in [0.15, 0.2) is 18.3 Å². The third-order valence-electron chi connectivity index (χ3n) is 4.57. The summed E-state index contributed by atoms with van der Waals surface area (Å²) < 4.78 is 10.7. The fourth-order valence-electron chi connectivity index (χ4n) is 2.99. The molecular formula is C17H26N4O3. The number of carbonyl (C=O) groups is 1. The minimum Gasteiger partial charge on any atom is -0.379 e. The molecule has 1 aromatic rings. The zero-order chi connectivity index (χ0) is 16.8. The van der Waals surface area contributed by atoms with Crippen molar-refractivity contribution in [1.82, 2.24) is 15.2 Å². The van der Waals surface area contributed by atoms with E-state index in [2.05, 4.69) is 27.0 Å². The number of hydrogen-bond acceptors (Lipinski definition) is 6. The summed E-state index contributed by atoms with van der Waals surface area (Å²) in [6.07, 6.45) is 1.65. The second-order valence-corrected chi connectivity index (χ2v) is 6.21. The predicted octanol–water partition coefficient (Wildman–Crippen LogP) is 0.369. The normalized spacial score (nSPS) is 20.6. The largest absolute Gasteiger partial charge is 0.379 e. The molecule has 1 atom stereocenters. The van der Waals surface area contributed by atoms with Crippen LogP contribution >= 0.6 is 0 Å². The van der Waals surface area contributed by atoms with Gasteiger partial charge in [-0.15, -0.1) is 0 Å². The summed E-state index contributed by atoms with van der Waals surface area (Å²) in [5.74, 6) is 0.827. The molecule has 3 rings (SSSR count). The van der Waals surface area contributed by atoms with Gasteiger partial charge in [-0.3, -0.25) is 9.69 Å². The number of aromatic nitrogens is 1. The lowest BCUT2D eigenvalue weighted by Crippen LogP contribution is -2.47. The van der Waals surface area contributed by atoms with Crippen LogP contribution in [0.5, 0.6) is 0 Å². The molecular weight excluding hydrogens is 308 g/mol. The summed E-state index contributed by atoms with van der Waals surface area (Å²) in [7, 11) is 0. The van der Waals surface area contributed by atoms with E-state index in [1.165, 1.54) is 0 Å². The number of carbonyl (C=O) groups excluding carboxylic acids is 1. The third-order valence-corrected chi connectivity index (χ3v) is 4.57. The molecule has 0 aromatic carbocycles. The van der Waals surface area contributed by atoms with E-state index in [-0.39, 0.29) is 5.91 Å². The van der Waals surface area contributed by atoms with Gasteiger partial charge in [-0.1, -0.05) is 0 Å². The van der Waals surface area contributed by atoms with Crippen LogP contribution in [0.3, 0.4) is 0 Å². The van der Waals surface area contributed by atoms with Crippen LogP contribution in [0.25, 0.3) is 0 Å². The first-order valence-corrected chi connectivity index (χ1v) is 8.63. The third kappa shape index (κ3) is 4.43. The minimum atomic E-state index is -0.0730. The fraction of sp³-hybridized carbons (Fsp3) is 0.647. The van der Waals surface area contributed by atoms with Crippen LogP contribution < -0.4 is 10.2 Å². The van der Waals surface area contributed by atoms with Crippen LogP contribution in [0.4, 0.5) is 5.82 Å². The first kappa shape index (κ1) is 17.1. The Labute approximate surface area is 142 Å². The highest BCUT2D eigenvalue weighted by Crippen LogP contribution is 2.13. The molecule has 0 saturated carbocycles. The van der Waals surface area contributed by atoms with Crippen molar-refractivity contribution in [3.8, 4) is 0 Å². The maximum Gasteiger partial charge on any atom is 0.252 e. The van der Waals surface area contributed by atoms with E-state index in [1.54, 1.807) is 6.20 Å². The first-order valence-electron chi connectivity index (χ1n) is 8.63. The number of nitrogens with one attached hydrogen (secondary N) is 1. The monoisotopic (exact) mass is 334 g/mol. The van der Waals surface area contributed by atoms with Gasteiger partial charge in [-0.25, -0.2) is 4.98 Å². The van der Waals surface area contributed by atoms with Gasteiger partial charge in [-0.2, -0.15) is 0 Å². The quantitative estimate of drug-likeness (QED) is 0.839. The highest BCUT2D eigenvalue weighted by molar-refractivity contribution is 5.94. The lowest BCUT2D eigenvalue weighted by molar-refractivity contribution is 0.0204. The first-order chi connectivity index (χ1) is 11.7. The average Bonchev–Trinajstić information content (AvgIpc) is 2.67. The van der Waals surface area contributed by atoms with E-state index in [9.17, 15) is 4.79 Å². The lowest BCUT2D eigenvalue weighted by Gasteiger charge is -2.32. The Bertz CT molecular complexity index is 525. The van der Waals surface area contributed by atoms with Gasteiger partial charge >= 0.3 is 0 Å². The number of ether oxygens (including phenoxy) is 2. The smallest absolute Gasteiger partial charge is 0.252 e. The predicted molar refractivity (Wildman–Crippen MR) is 91.5 cm³/mol. The van der Waals surface area contributed by atoms with Gasteiger partial charge in [0.2, 0.25) is 0 Å². The molecule has 0 spiro atoms. The number of amides is 1. The van der Waals surface area contributed by atoms with Crippen molar-refractivity contribution in [3.63, 3.8) is 0 Å². The Morgan fingerprint density at radius 2 is 1.83 bits per heavy atom. The molecule has 0 bridgehead atoms. The highest BCUT2D eigenvalue weighted by Gasteiger charge is 2.18. The molecule has 1 N–H and O–H groups in total. The van der Waals surface area contributed by atoms with Gasteiger partial charge in [0.05, 0.1) is 32.0 Å². The topological polar surface area (TPSA) is 66.9 Å². The summed E-state index contributed by atoms with van der Waals surface area (Å²) in [5, 5.41) is 3.00. The van der Waals surface area contributed by atoms with Crippen molar-refractivity contribution in [1.29, 1.82) is 0 Å². The fourth-order valence-corrected chi connectivity index (χ4v) is 2.99. The van der Waals surface area contributed by atoms with Crippen molar-refractivity contribution < 1.29 is 14.3 Å². The molecule has 24 heavy (non-hydrogen) atoms. The van der Waals surface area contributed by atoms with Gasteiger partial charge in [-0.05, 0) is 19.1 Å². The molecule has 3 heterocycles. The standard InChI is InChI=1S/C17H26N4O3/c1-14(20-4-8-23-9-5-20)12-19-17(22)15-2-3-16(18-13-15)21-6-10-24-11-7-21/h2-3,13-14H,4-12H2,1H3,(H,19,22)/t14-/m1/s1. The van der Waals surface area contributed by atoms with Crippen molar-refractivity contribution >= 4 is 11.7 Å². The van der Waals surface area contributed by atoms with Gasteiger partial charge < -0.3 is 19.7 Å². The maximum absolute atomic E-state index is 12.3. The second kappa shape index (κ2) is 8.41. The van der Waals surface area contributed by atoms with Crippen LogP contribution in [-0.2, 0) is 9.47 Å². The Kier molecular flexibility index (Phi) is 6.01. The number of hydrogen-bond donors (Lipinski definition) is 1. The van der Waals surface area contributed by atoms with Crippen LogP contribution in [0.2, 0.25) is 0 Å². The molecule has 0 radical (unpaired) electrons. The molecule has 2 saturated heterocycles. The van der Waals surface area contributed by atoms with E-state index < -0.39 is 0 Å². The van der Waals surface area contributed by atoms with Gasteiger partial charge in [0.15, 0.2) is 0 Å². The summed E-state index contributed by atoms with van der Waals surface area (Å²) in [6, 6.07) is 4.05. The molecule has 0 aliphatic carbocycles. The van der Waals surface area contributed by atoms with Crippen molar-refractivity contribution in [3.05, 3.63) is 23.9 Å². The Hall–Kier alpha value is -1.70. The molecule has 1 aromatic heterocycles. The highest BCUT2D eigenvalue weighted by atomic mass is 16.5. The molecule has 7 heteroatoms. The van der Waals surface area contributed by atoms with Crippen molar-refractivity contribution in [2.75, 3.05) is 64.1 Å². The van der Waals surface area contributed by atoms with E-state index in [0.29, 0.717) is 18.2 Å². The lowest BCUT2D eigenvalue weighted by atomic mass is 10.2. The van der Waals surface area contributed by atoms with E-state index in [1.807, 2.05) is 12.1 Å². The van der Waals surface area contributed by atoms with Gasteiger partial charge in [0.1, 0.15) is 5.82 Å². The zero-order valence-corrected chi connectivity index (χ0v) is 14.2. The molecule has 2 fully saturated rings. The van der Waals surface area contributed by atoms with Crippen LogP contribution in [0.1, 0.15) is 17.3 Å². The molecule has 132 valence electrons. The summed E-state index contributed by atoms with van der Waals surface area (Å²) >= 11 is 0. The van der Waals surface area contributed by atoms with E-state index in [0.717, 1.165) is 58.4 Å². The summed E-state index contributed by atoms with van der Waals surface area (Å²) in [6.45, 7) is 9.28. The van der Waals surface area contributed by atoms with Crippen molar-refractivity contribution in [2.45, 2.75) is 13.0 Å². The van der Waals surface area contributed by atoms with E-state index >= 15 is 0 Å².